The second-order valence-electron chi connectivity index (χ2n) is 4.70. The van der Waals surface area contributed by atoms with E-state index >= 15 is 0 Å². The average molecular weight is 479 g/mol. The predicted octanol–water partition coefficient (Wildman–Crippen LogP) is 4.27. The largest absolute Gasteiger partial charge is 0.402 e. The second-order valence-corrected chi connectivity index (χ2v) is 6.72. The molecular formula is C17H8BrIN2O2. The molecule has 0 saturated heterocycles. The summed E-state index contributed by atoms with van der Waals surface area (Å²) in [5.74, 6) is -0.203. The maximum absolute atomic E-state index is 12.0. The summed E-state index contributed by atoms with van der Waals surface area (Å²) in [5, 5.41) is 8.79. The molecule has 1 aliphatic rings. The van der Waals surface area contributed by atoms with Crippen LogP contribution in [0, 0.1) is 14.9 Å². The van der Waals surface area contributed by atoms with Crippen molar-refractivity contribution < 1.29 is 9.53 Å². The van der Waals surface area contributed by atoms with E-state index < -0.39 is 5.97 Å². The fraction of sp³-hybridized carbons (Fsp3) is 0. The normalized spacial score (nSPS) is 15.3. The fourth-order valence-electron chi connectivity index (χ4n) is 1.97. The van der Waals surface area contributed by atoms with E-state index in [4.69, 9.17) is 10.00 Å². The van der Waals surface area contributed by atoms with Crippen molar-refractivity contribution in [2.45, 2.75) is 0 Å². The summed E-state index contributed by atoms with van der Waals surface area (Å²) in [6.45, 7) is 0. The molecular weight excluding hydrogens is 471 g/mol. The maximum Gasteiger partial charge on any atom is 0.363 e. The van der Waals surface area contributed by atoms with Gasteiger partial charge in [-0.1, -0.05) is 12.1 Å². The number of hydrogen-bond acceptors (Lipinski definition) is 4. The molecule has 2 aromatic rings. The Bertz CT molecular complexity index is 896. The van der Waals surface area contributed by atoms with Crippen LogP contribution >= 0.6 is 38.5 Å². The number of hydrogen-bond donors (Lipinski definition) is 0. The van der Waals surface area contributed by atoms with E-state index in [1.54, 1.807) is 30.3 Å². The van der Waals surface area contributed by atoms with Gasteiger partial charge in [0.15, 0.2) is 5.70 Å². The number of aliphatic imine (C=N–C) groups is 1. The van der Waals surface area contributed by atoms with E-state index in [1.807, 2.05) is 18.2 Å². The second kappa shape index (κ2) is 6.64. The quantitative estimate of drug-likeness (QED) is 0.368. The Morgan fingerprint density at radius 1 is 1.22 bits per heavy atom. The number of nitriles is 1. The van der Waals surface area contributed by atoms with Gasteiger partial charge in [0.1, 0.15) is 0 Å². The van der Waals surface area contributed by atoms with Gasteiger partial charge in [-0.15, -0.1) is 0 Å². The van der Waals surface area contributed by atoms with Crippen LogP contribution in [0.4, 0.5) is 0 Å². The highest BCUT2D eigenvalue weighted by molar-refractivity contribution is 14.1. The van der Waals surface area contributed by atoms with E-state index in [0.29, 0.717) is 5.56 Å². The Kier molecular flexibility index (Phi) is 4.59. The molecule has 6 heteroatoms. The van der Waals surface area contributed by atoms with Crippen LogP contribution in [0.5, 0.6) is 0 Å². The molecule has 0 spiro atoms. The van der Waals surface area contributed by atoms with Gasteiger partial charge in [-0.2, -0.15) is 5.26 Å². The Morgan fingerprint density at radius 3 is 2.61 bits per heavy atom. The Balaban J connectivity index is 1.92. The van der Waals surface area contributed by atoms with Gasteiger partial charge < -0.3 is 4.74 Å². The van der Waals surface area contributed by atoms with E-state index in [-0.39, 0.29) is 11.6 Å². The molecule has 1 aliphatic heterocycles. The van der Waals surface area contributed by atoms with Crippen molar-refractivity contribution in [3.63, 3.8) is 0 Å². The predicted molar refractivity (Wildman–Crippen MR) is 98.6 cm³/mol. The lowest BCUT2D eigenvalue weighted by Crippen LogP contribution is -2.05. The van der Waals surface area contributed by atoms with Gasteiger partial charge in [0, 0.05) is 13.6 Å². The van der Waals surface area contributed by atoms with Crippen molar-refractivity contribution in [2.24, 2.45) is 4.99 Å². The zero-order chi connectivity index (χ0) is 16.4. The lowest BCUT2D eigenvalue weighted by Gasteiger charge is -2.01. The molecule has 4 nitrogen and oxygen atoms in total. The van der Waals surface area contributed by atoms with Crippen LogP contribution in [-0.4, -0.2) is 11.9 Å². The summed E-state index contributed by atoms with van der Waals surface area (Å²) in [4.78, 5) is 16.2. The molecule has 0 fully saturated rings. The molecule has 0 unspecified atom stereocenters. The molecule has 0 N–H and O–H groups in total. The van der Waals surface area contributed by atoms with Crippen LogP contribution in [-0.2, 0) is 9.53 Å². The SMILES string of the molecule is N#Cc1ccc(/C=C2\N=C(c3ccc(I)c(Br)c3)OC2=O)cc1. The highest BCUT2D eigenvalue weighted by Gasteiger charge is 2.24. The van der Waals surface area contributed by atoms with Crippen molar-refractivity contribution in [2.75, 3.05) is 0 Å². The molecule has 1 heterocycles. The van der Waals surface area contributed by atoms with Crippen LogP contribution in [0.1, 0.15) is 16.7 Å². The van der Waals surface area contributed by atoms with Crippen LogP contribution in [0.15, 0.2) is 57.6 Å². The Labute approximate surface area is 154 Å². The smallest absolute Gasteiger partial charge is 0.363 e. The van der Waals surface area contributed by atoms with Gasteiger partial charge in [-0.25, -0.2) is 9.79 Å². The van der Waals surface area contributed by atoms with Gasteiger partial charge in [0.2, 0.25) is 5.90 Å². The number of esters is 1. The van der Waals surface area contributed by atoms with E-state index in [2.05, 4.69) is 49.6 Å². The third-order valence-electron chi connectivity index (χ3n) is 3.13. The first-order valence-corrected chi connectivity index (χ1v) is 8.42. The van der Waals surface area contributed by atoms with Crippen LogP contribution in [0.3, 0.4) is 0 Å². The Hall–Kier alpha value is -1.98. The minimum Gasteiger partial charge on any atom is -0.402 e. The lowest BCUT2D eigenvalue weighted by atomic mass is 10.1. The number of nitrogens with zero attached hydrogens (tertiary/aromatic N) is 2. The summed E-state index contributed by atoms with van der Waals surface area (Å²) < 4.78 is 7.21. The highest BCUT2D eigenvalue weighted by atomic mass is 127. The minimum atomic E-state index is -0.487. The molecule has 2 aromatic carbocycles. The van der Waals surface area contributed by atoms with Gasteiger partial charge in [0.25, 0.3) is 0 Å². The number of rotatable bonds is 2. The molecule has 0 atom stereocenters. The Morgan fingerprint density at radius 2 is 1.96 bits per heavy atom. The standard InChI is InChI=1S/C17H8BrIN2O2/c18-13-8-12(5-6-14(13)19)16-21-15(17(22)23-16)7-10-1-3-11(9-20)4-2-10/h1-8H/b15-7-. The van der Waals surface area contributed by atoms with E-state index in [0.717, 1.165) is 19.2 Å². The molecule has 0 bridgehead atoms. The van der Waals surface area contributed by atoms with Gasteiger partial charge in [-0.3, -0.25) is 0 Å². The highest BCUT2D eigenvalue weighted by Crippen LogP contribution is 2.24. The third kappa shape index (κ3) is 3.51. The molecule has 23 heavy (non-hydrogen) atoms. The minimum absolute atomic E-state index is 0.236. The number of ether oxygens (including phenoxy) is 1. The van der Waals surface area contributed by atoms with E-state index in [9.17, 15) is 4.79 Å². The van der Waals surface area contributed by atoms with Crippen molar-refractivity contribution in [3.8, 4) is 6.07 Å². The topological polar surface area (TPSA) is 62.4 Å². The number of carbonyl (C=O) groups excluding carboxylic acids is 1. The number of halogens is 2. The molecule has 0 amide bonds. The van der Waals surface area contributed by atoms with Gasteiger partial charge in [0.05, 0.1) is 11.6 Å². The number of benzene rings is 2. The van der Waals surface area contributed by atoms with Crippen molar-refractivity contribution >= 4 is 56.5 Å². The number of carbonyl (C=O) groups is 1. The van der Waals surface area contributed by atoms with Crippen molar-refractivity contribution in [1.82, 2.24) is 0 Å². The zero-order valence-electron chi connectivity index (χ0n) is 11.6. The van der Waals surface area contributed by atoms with Crippen molar-refractivity contribution in [1.29, 1.82) is 5.26 Å². The summed E-state index contributed by atoms with van der Waals surface area (Å²) in [6, 6.07) is 14.6. The van der Waals surface area contributed by atoms with Crippen LogP contribution < -0.4 is 0 Å². The average Bonchev–Trinajstić information content (AvgIpc) is 2.92. The monoisotopic (exact) mass is 478 g/mol. The van der Waals surface area contributed by atoms with Gasteiger partial charge in [-0.05, 0) is 80.5 Å². The molecule has 0 aliphatic carbocycles. The molecule has 0 saturated carbocycles. The maximum atomic E-state index is 12.0. The first kappa shape index (κ1) is 15.9. The fourth-order valence-corrected chi connectivity index (χ4v) is 2.69. The van der Waals surface area contributed by atoms with Crippen LogP contribution in [0.25, 0.3) is 6.08 Å². The third-order valence-corrected chi connectivity index (χ3v) is 5.47. The summed E-state index contributed by atoms with van der Waals surface area (Å²) in [5.41, 5.74) is 2.31. The first-order valence-electron chi connectivity index (χ1n) is 6.55. The summed E-state index contributed by atoms with van der Waals surface area (Å²) >= 11 is 5.65. The molecule has 0 aromatic heterocycles. The zero-order valence-corrected chi connectivity index (χ0v) is 15.3. The lowest BCUT2D eigenvalue weighted by molar-refractivity contribution is -0.129. The molecule has 3 rings (SSSR count). The summed E-state index contributed by atoms with van der Waals surface area (Å²) in [7, 11) is 0. The summed E-state index contributed by atoms with van der Waals surface area (Å²) in [6.07, 6.45) is 1.64. The first-order chi connectivity index (χ1) is 11.1. The number of cyclic esters (lactones) is 1. The molecule has 0 radical (unpaired) electrons. The molecule has 112 valence electrons. The van der Waals surface area contributed by atoms with Crippen molar-refractivity contribution in [3.05, 3.63) is 72.9 Å². The van der Waals surface area contributed by atoms with Gasteiger partial charge >= 0.3 is 5.97 Å². The van der Waals surface area contributed by atoms with Crippen LogP contribution in [0.2, 0.25) is 0 Å². The van der Waals surface area contributed by atoms with E-state index in [1.165, 1.54) is 0 Å².